The second kappa shape index (κ2) is 9.30. The van der Waals surface area contributed by atoms with Gasteiger partial charge in [-0.15, -0.1) is 0 Å². The van der Waals surface area contributed by atoms with Gasteiger partial charge >= 0.3 is 0 Å². The van der Waals surface area contributed by atoms with E-state index in [0.717, 1.165) is 11.8 Å². The summed E-state index contributed by atoms with van der Waals surface area (Å²) in [7, 11) is -1.98. The van der Waals surface area contributed by atoms with Crippen molar-refractivity contribution in [2.45, 2.75) is 77.0 Å². The highest BCUT2D eigenvalue weighted by Crippen LogP contribution is 2.41. The van der Waals surface area contributed by atoms with Gasteiger partial charge in [0, 0.05) is 6.54 Å². The minimum absolute atomic E-state index is 0.113. The topological polar surface area (TPSA) is 116 Å². The van der Waals surface area contributed by atoms with Crippen LogP contribution in [0.1, 0.15) is 54.4 Å². The predicted molar refractivity (Wildman–Crippen MR) is 108 cm³/mol. The lowest BCUT2D eigenvalue weighted by atomic mass is 10.2. The molecule has 0 radical (unpaired) electrons. The maximum absolute atomic E-state index is 12.5. The van der Waals surface area contributed by atoms with E-state index in [-0.39, 0.29) is 12.5 Å². The van der Waals surface area contributed by atoms with Gasteiger partial charge in [-0.05, 0) is 29.5 Å². The third-order valence-electron chi connectivity index (χ3n) is 5.84. The summed E-state index contributed by atoms with van der Waals surface area (Å²) in [5.41, 5.74) is 6.80. The van der Waals surface area contributed by atoms with Crippen LogP contribution >= 0.6 is 0 Å². The Morgan fingerprint density at radius 3 is 2.15 bits per heavy atom. The summed E-state index contributed by atoms with van der Waals surface area (Å²) < 4.78 is 0. The molecule has 1 heterocycles. The van der Waals surface area contributed by atoms with Gasteiger partial charge < -0.3 is 16.5 Å². The molecule has 1 atom stereocenters. The first kappa shape index (κ1) is 22.3. The van der Waals surface area contributed by atoms with Crippen LogP contribution in [0, 0.1) is 0 Å². The molecule has 1 saturated heterocycles. The van der Waals surface area contributed by atoms with Crippen LogP contribution in [0.5, 0.6) is 0 Å². The average Bonchev–Trinajstić information content (AvgIpc) is 3.02. The van der Waals surface area contributed by atoms with Gasteiger partial charge in [-0.1, -0.05) is 41.5 Å². The number of amides is 2. The van der Waals surface area contributed by atoms with Gasteiger partial charge in [-0.2, -0.15) is 5.10 Å². The van der Waals surface area contributed by atoms with Crippen molar-refractivity contribution in [3.05, 3.63) is 0 Å². The number of hydrogen-bond acceptors (Lipinski definition) is 4. The van der Waals surface area contributed by atoms with Crippen molar-refractivity contribution in [2.24, 2.45) is 16.7 Å². The second-order valence-electron chi connectivity index (χ2n) is 8.08. The Kier molecular flexibility index (Phi) is 7.99. The molecule has 1 rings (SSSR count). The third-order valence-corrected chi connectivity index (χ3v) is 12.7. The number of nitrogens with two attached hydrogens (primary N) is 2. The van der Waals surface area contributed by atoms with E-state index in [1.165, 1.54) is 0 Å². The van der Waals surface area contributed by atoms with Crippen molar-refractivity contribution in [3.8, 4) is 0 Å². The zero-order valence-corrected chi connectivity index (χ0v) is 18.1. The predicted octanol–water partition coefficient (Wildman–Crippen LogP) is 0.147. The number of likely N-dealkylation sites (tertiary alicyclic amines) is 1. The summed E-state index contributed by atoms with van der Waals surface area (Å²) in [6.07, 6.45) is 3.27. The van der Waals surface area contributed by atoms with Crippen molar-refractivity contribution in [1.29, 1.82) is 0 Å². The summed E-state index contributed by atoms with van der Waals surface area (Å²) in [5.74, 6) is 5.21. The van der Waals surface area contributed by atoms with Crippen LogP contribution in [-0.2, 0) is 9.59 Å². The van der Waals surface area contributed by atoms with Crippen molar-refractivity contribution >= 4 is 31.4 Å². The van der Waals surface area contributed by atoms with Crippen LogP contribution in [-0.4, -0.2) is 55.5 Å². The van der Waals surface area contributed by atoms with Gasteiger partial charge in [-0.3, -0.25) is 9.59 Å². The van der Waals surface area contributed by atoms with E-state index in [2.05, 4.69) is 51.6 Å². The van der Waals surface area contributed by atoms with Crippen LogP contribution in [0.3, 0.4) is 0 Å². The van der Waals surface area contributed by atoms with E-state index in [1.54, 1.807) is 4.90 Å². The Bertz CT molecular complexity index is 550. The smallest absolute Gasteiger partial charge is 0.288 e. The fraction of sp³-hybridized carbons (Fsp3) is 0.778. The summed E-state index contributed by atoms with van der Waals surface area (Å²) >= 11 is 0. The first-order valence-electron chi connectivity index (χ1n) is 9.54. The van der Waals surface area contributed by atoms with Crippen LogP contribution in [0.25, 0.3) is 0 Å². The minimum atomic E-state index is -1.98. The molecule has 1 aliphatic heterocycles. The highest BCUT2D eigenvalue weighted by molar-refractivity contribution is 7.15. The number of hydrogen-bond donors (Lipinski definition) is 3. The number of primary amides is 1. The zero-order valence-electron chi connectivity index (χ0n) is 17.1. The number of rotatable bonds is 8. The molecule has 1 aliphatic rings. The van der Waals surface area contributed by atoms with Crippen LogP contribution in [0.2, 0.25) is 16.6 Å². The maximum Gasteiger partial charge on any atom is 0.288 e. The lowest BCUT2D eigenvalue weighted by Gasteiger charge is -2.41. The quantitative estimate of drug-likeness (QED) is 0.240. The number of carbonyl (C=O) groups excluding carboxylic acids is 2. The van der Waals surface area contributed by atoms with Gasteiger partial charge in [0.25, 0.3) is 5.91 Å². The molecular weight excluding hydrogens is 346 g/mol. The Hall–Kier alpha value is -1.70. The highest BCUT2D eigenvalue weighted by Gasteiger charge is 2.48. The van der Waals surface area contributed by atoms with Gasteiger partial charge in [-0.25, -0.2) is 4.99 Å². The van der Waals surface area contributed by atoms with E-state index in [4.69, 9.17) is 11.6 Å². The number of carbonyl (C=O) groups is 2. The third kappa shape index (κ3) is 4.34. The molecule has 0 aromatic rings. The molecule has 0 spiro atoms. The lowest BCUT2D eigenvalue weighted by Crippen LogP contribution is -2.76. The molecule has 0 aromatic heterocycles. The van der Waals surface area contributed by atoms with Gasteiger partial charge in [0.15, 0.2) is 6.21 Å². The molecule has 0 bridgehead atoms. The first-order chi connectivity index (χ1) is 12.1. The summed E-state index contributed by atoms with van der Waals surface area (Å²) in [6, 6.07) is -0.484. The molecule has 148 valence electrons. The van der Waals surface area contributed by atoms with Crippen LogP contribution in [0.15, 0.2) is 5.10 Å². The van der Waals surface area contributed by atoms with Crippen molar-refractivity contribution < 1.29 is 14.6 Å². The molecule has 7 nitrogen and oxygen atoms in total. The number of hydrazone groups is 1. The van der Waals surface area contributed by atoms with Crippen molar-refractivity contribution in [2.75, 3.05) is 13.1 Å². The standard InChI is InChI=1S/C18H35N5O2Si/c1-12(2)26(13(3)4,14(5)6)16(22-20)10-21-11-17(24)23-9-7-8-15(23)18(19)25/h10,12-15H,7-9,11,20H2,1-6H3,(H2,19,25)/p+1/b21-10?,22-16+/t15-/m0/s1. The summed E-state index contributed by atoms with van der Waals surface area (Å²) in [4.78, 5) is 28.6. The fourth-order valence-electron chi connectivity index (χ4n) is 4.86. The van der Waals surface area contributed by atoms with Gasteiger partial charge in [0.2, 0.25) is 12.5 Å². The molecule has 5 N–H and O–H groups in total. The average molecular weight is 383 g/mol. The molecule has 8 heteroatoms. The molecule has 2 amide bonds. The number of nitrogens with one attached hydrogen (secondary N) is 1. The first-order valence-corrected chi connectivity index (χ1v) is 11.8. The normalized spacial score (nSPS) is 19.3. The fourth-order valence-corrected chi connectivity index (χ4v) is 11.2. The Morgan fingerprint density at radius 1 is 1.19 bits per heavy atom. The zero-order chi connectivity index (χ0) is 20.1. The van der Waals surface area contributed by atoms with Crippen LogP contribution in [0.4, 0.5) is 0 Å². The Morgan fingerprint density at radius 2 is 1.73 bits per heavy atom. The monoisotopic (exact) mass is 382 g/mol. The molecule has 0 saturated carbocycles. The molecule has 0 unspecified atom stereocenters. The summed E-state index contributed by atoms with van der Waals surface area (Å²) in [6.45, 7) is 14.1. The van der Waals surface area contributed by atoms with E-state index in [0.29, 0.717) is 29.6 Å². The maximum atomic E-state index is 12.5. The second-order valence-corrected chi connectivity index (χ2v) is 13.9. The minimum Gasteiger partial charge on any atom is -0.368 e. The molecule has 0 aliphatic carbocycles. The van der Waals surface area contributed by atoms with Crippen molar-refractivity contribution in [1.82, 2.24) is 4.90 Å². The van der Waals surface area contributed by atoms with Gasteiger partial charge in [0.05, 0.1) is 0 Å². The van der Waals surface area contributed by atoms with Crippen LogP contribution < -0.4 is 16.6 Å². The van der Waals surface area contributed by atoms with E-state index >= 15 is 0 Å². The van der Waals surface area contributed by atoms with E-state index in [1.807, 2.05) is 6.21 Å². The van der Waals surface area contributed by atoms with Gasteiger partial charge in [0.1, 0.15) is 19.5 Å². The van der Waals surface area contributed by atoms with E-state index in [9.17, 15) is 9.59 Å². The number of nitrogens with zero attached hydrogens (tertiary/aromatic N) is 2. The largest absolute Gasteiger partial charge is 0.368 e. The lowest BCUT2D eigenvalue weighted by molar-refractivity contribution is -0.438. The molecule has 1 fully saturated rings. The highest BCUT2D eigenvalue weighted by atomic mass is 28.3. The Balaban J connectivity index is 2.96. The molecular formula is C18H36N5O2Si+. The molecule has 0 aromatic carbocycles. The van der Waals surface area contributed by atoms with Crippen molar-refractivity contribution in [3.63, 3.8) is 0 Å². The SMILES string of the molecule is CC(C)[Si](/C(C=[NH+]CC(=O)N1CCC[C@H]1C(N)=O)=N/N)(C(C)C)C(C)C. The Labute approximate surface area is 158 Å². The summed E-state index contributed by atoms with van der Waals surface area (Å²) in [5, 5.41) is 5.02. The molecule has 26 heavy (non-hydrogen) atoms. The van der Waals surface area contributed by atoms with E-state index < -0.39 is 20.0 Å².